The molecule has 0 aromatic heterocycles. The van der Waals surface area contributed by atoms with Crippen molar-refractivity contribution in [2.75, 3.05) is 13.6 Å². The highest BCUT2D eigenvalue weighted by Gasteiger charge is 2.38. The maximum Gasteiger partial charge on any atom is 0.243 e. The quantitative estimate of drug-likeness (QED) is 0.0955. The molecule has 0 bridgehead atoms. The van der Waals surface area contributed by atoms with Crippen molar-refractivity contribution in [3.8, 4) is 0 Å². The molecule has 2 aromatic rings. The summed E-state index contributed by atoms with van der Waals surface area (Å²) in [6.45, 7) is 11.3. The molecular formula is C39H59N7O6. The van der Waals surface area contributed by atoms with E-state index in [0.29, 0.717) is 12.8 Å². The van der Waals surface area contributed by atoms with Crippen molar-refractivity contribution in [2.24, 2.45) is 17.1 Å². The maximum atomic E-state index is 14.1. The Morgan fingerprint density at radius 1 is 0.635 bits per heavy atom. The van der Waals surface area contributed by atoms with Gasteiger partial charge in [-0.25, -0.2) is 0 Å². The summed E-state index contributed by atoms with van der Waals surface area (Å²) in [4.78, 5) is 79.5. The van der Waals surface area contributed by atoms with Gasteiger partial charge in [-0.05, 0) is 61.7 Å². The number of unbranched alkanes of at least 4 members (excludes halogenated alkanes) is 1. The average Bonchev–Trinajstić information content (AvgIpc) is 3.07. The van der Waals surface area contributed by atoms with Crippen LogP contribution in [0.2, 0.25) is 0 Å². The number of primary amides is 1. The first-order valence-electron chi connectivity index (χ1n) is 18.0. The van der Waals surface area contributed by atoms with Gasteiger partial charge in [0.15, 0.2) is 0 Å². The summed E-state index contributed by atoms with van der Waals surface area (Å²) < 4.78 is 0. The van der Waals surface area contributed by atoms with E-state index in [9.17, 15) is 28.8 Å². The van der Waals surface area contributed by atoms with Crippen molar-refractivity contribution in [2.45, 2.75) is 110 Å². The minimum atomic E-state index is -1.12. The lowest BCUT2D eigenvalue weighted by Crippen LogP contribution is -2.62. The van der Waals surface area contributed by atoms with Gasteiger partial charge < -0.3 is 37.6 Å². The molecule has 2 aromatic carbocycles. The van der Waals surface area contributed by atoms with Gasteiger partial charge in [0.05, 0.1) is 0 Å². The van der Waals surface area contributed by atoms with Crippen LogP contribution >= 0.6 is 0 Å². The number of nitrogens with two attached hydrogens (primary N) is 1. The van der Waals surface area contributed by atoms with Crippen molar-refractivity contribution < 1.29 is 28.8 Å². The summed E-state index contributed by atoms with van der Waals surface area (Å²) in [5, 5.41) is 16.9. The monoisotopic (exact) mass is 721 g/mol. The molecule has 0 heterocycles. The molecule has 0 aliphatic heterocycles. The molecule has 0 unspecified atom stereocenters. The second kappa shape index (κ2) is 21.6. The highest BCUT2D eigenvalue weighted by molar-refractivity contribution is 5.96. The molecule has 0 aliphatic rings. The van der Waals surface area contributed by atoms with Gasteiger partial charge in [-0.3, -0.25) is 28.8 Å². The van der Waals surface area contributed by atoms with E-state index >= 15 is 0 Å². The summed E-state index contributed by atoms with van der Waals surface area (Å²) in [5.74, 6) is -3.38. The largest absolute Gasteiger partial charge is 0.368 e. The number of hydrogen-bond donors (Lipinski definition) is 7. The Hall–Kier alpha value is -4.78. The van der Waals surface area contributed by atoms with Gasteiger partial charge in [-0.15, -0.1) is 0 Å². The van der Waals surface area contributed by atoms with Crippen LogP contribution in [0, 0.1) is 11.3 Å². The molecule has 0 radical (unpaired) electrons. The zero-order chi connectivity index (χ0) is 38.8. The van der Waals surface area contributed by atoms with Crippen LogP contribution in [0.25, 0.3) is 0 Å². The maximum absolute atomic E-state index is 14.1. The van der Waals surface area contributed by atoms with Crippen LogP contribution in [0.3, 0.4) is 0 Å². The van der Waals surface area contributed by atoms with Crippen LogP contribution in [-0.4, -0.2) is 79.2 Å². The number of hydrogen-bond acceptors (Lipinski definition) is 7. The van der Waals surface area contributed by atoms with Crippen molar-refractivity contribution in [3.63, 3.8) is 0 Å². The Kier molecular flexibility index (Phi) is 18.0. The second-order valence-electron chi connectivity index (χ2n) is 14.8. The molecule has 52 heavy (non-hydrogen) atoms. The minimum Gasteiger partial charge on any atom is -0.368 e. The van der Waals surface area contributed by atoms with Crippen LogP contribution in [0.1, 0.15) is 78.4 Å². The zero-order valence-corrected chi connectivity index (χ0v) is 31.7. The zero-order valence-electron chi connectivity index (χ0n) is 31.7. The molecule has 2 rings (SSSR count). The molecule has 8 N–H and O–H groups in total. The number of carbonyl (C=O) groups is 6. The number of carbonyl (C=O) groups excluding carboxylic acids is 6. The summed E-state index contributed by atoms with van der Waals surface area (Å²) in [7, 11) is 1.84. The van der Waals surface area contributed by atoms with Gasteiger partial charge in [0.25, 0.3) is 0 Å². The van der Waals surface area contributed by atoms with E-state index in [1.54, 1.807) is 20.8 Å². The van der Waals surface area contributed by atoms with Crippen molar-refractivity contribution >= 4 is 35.4 Å². The fraction of sp³-hybridized carbons (Fsp3) is 0.538. The molecule has 0 saturated carbocycles. The first-order valence-corrected chi connectivity index (χ1v) is 18.0. The molecule has 5 atom stereocenters. The predicted octanol–water partition coefficient (Wildman–Crippen LogP) is 1.88. The lowest BCUT2D eigenvalue weighted by Gasteiger charge is -2.33. The third-order valence-electron chi connectivity index (χ3n) is 8.48. The molecule has 0 aliphatic carbocycles. The fourth-order valence-corrected chi connectivity index (χ4v) is 5.72. The van der Waals surface area contributed by atoms with E-state index in [4.69, 9.17) is 5.73 Å². The van der Waals surface area contributed by atoms with E-state index in [0.717, 1.165) is 24.1 Å². The van der Waals surface area contributed by atoms with E-state index in [2.05, 4.69) is 31.9 Å². The Labute approximate surface area is 308 Å². The number of rotatable bonds is 21. The van der Waals surface area contributed by atoms with Gasteiger partial charge in [0.1, 0.15) is 30.2 Å². The first-order chi connectivity index (χ1) is 24.5. The lowest BCUT2D eigenvalue weighted by atomic mass is 9.85. The number of amides is 6. The van der Waals surface area contributed by atoms with Gasteiger partial charge in [-0.2, -0.15) is 0 Å². The van der Waals surface area contributed by atoms with E-state index < -0.39 is 65.2 Å². The highest BCUT2D eigenvalue weighted by atomic mass is 16.2. The van der Waals surface area contributed by atoms with Crippen LogP contribution in [0.15, 0.2) is 60.7 Å². The molecule has 6 amide bonds. The number of benzene rings is 2. The Morgan fingerprint density at radius 2 is 1.12 bits per heavy atom. The van der Waals surface area contributed by atoms with Crippen LogP contribution < -0.4 is 37.6 Å². The van der Waals surface area contributed by atoms with Crippen molar-refractivity contribution in [3.05, 3.63) is 71.8 Å². The third-order valence-corrected chi connectivity index (χ3v) is 8.48. The molecule has 286 valence electrons. The van der Waals surface area contributed by atoms with Gasteiger partial charge in [0, 0.05) is 19.8 Å². The minimum absolute atomic E-state index is 0.000782. The normalized spacial score (nSPS) is 14.2. The summed E-state index contributed by atoms with van der Waals surface area (Å²) in [6.07, 6.45) is 2.41. The summed E-state index contributed by atoms with van der Waals surface area (Å²) in [5.41, 5.74) is 6.42. The molecule has 13 heteroatoms. The van der Waals surface area contributed by atoms with Gasteiger partial charge >= 0.3 is 0 Å². The fourth-order valence-electron chi connectivity index (χ4n) is 5.72. The van der Waals surface area contributed by atoms with Gasteiger partial charge in [-0.1, -0.05) is 95.3 Å². The first kappa shape index (κ1) is 43.4. The molecular weight excluding hydrogens is 662 g/mol. The Balaban J connectivity index is 2.32. The molecule has 13 nitrogen and oxygen atoms in total. The Morgan fingerprint density at radius 3 is 1.60 bits per heavy atom. The standard InChI is InChI=1S/C39H59N7O6/c1-25(2)22-31(44-35(49)29(42-26(3)47)20-14-15-21-41-7)37(51)46-33(39(4,5)6)38(52)45-32(24-28-18-12-9-13-19-28)36(50)43-30(34(40)48)23-27-16-10-8-11-17-27/h8-13,16-19,25,29-33,41H,14-15,20-24H2,1-7H3,(H2,40,48)(H,42,47)(H,43,50)(H,44,49)(H,45,52)(H,46,51)/t29-,30-,31-,32-,33+/m0/s1. The molecule has 0 saturated heterocycles. The molecule has 0 fully saturated rings. The van der Waals surface area contributed by atoms with Crippen LogP contribution in [0.4, 0.5) is 0 Å². The second-order valence-corrected chi connectivity index (χ2v) is 14.8. The van der Waals surface area contributed by atoms with E-state index in [1.807, 2.05) is 81.6 Å². The number of nitrogens with one attached hydrogen (secondary N) is 6. The summed E-state index contributed by atoms with van der Waals surface area (Å²) in [6, 6.07) is 13.1. The third kappa shape index (κ3) is 15.6. The van der Waals surface area contributed by atoms with Crippen LogP contribution in [0.5, 0.6) is 0 Å². The lowest BCUT2D eigenvalue weighted by molar-refractivity contribution is -0.136. The predicted molar refractivity (Wildman–Crippen MR) is 202 cm³/mol. The van der Waals surface area contributed by atoms with E-state index in [1.165, 1.54) is 6.92 Å². The van der Waals surface area contributed by atoms with Crippen LogP contribution in [-0.2, 0) is 41.6 Å². The Bertz CT molecular complexity index is 1460. The topological polar surface area (TPSA) is 201 Å². The molecule has 0 spiro atoms. The summed E-state index contributed by atoms with van der Waals surface area (Å²) >= 11 is 0. The average molecular weight is 722 g/mol. The van der Waals surface area contributed by atoms with Crippen molar-refractivity contribution in [1.29, 1.82) is 0 Å². The van der Waals surface area contributed by atoms with Crippen molar-refractivity contribution in [1.82, 2.24) is 31.9 Å². The smallest absolute Gasteiger partial charge is 0.243 e. The van der Waals surface area contributed by atoms with Gasteiger partial charge in [0.2, 0.25) is 35.4 Å². The SMILES string of the molecule is CNCCCC[C@H](NC(C)=O)C(=O)N[C@@H](CC(C)C)C(=O)N[C@H](C(=O)N[C@@H](Cc1ccccc1)C(=O)N[C@@H](Cc1ccccc1)C(N)=O)C(C)(C)C. The highest BCUT2D eigenvalue weighted by Crippen LogP contribution is 2.21. The van der Waals surface area contributed by atoms with E-state index in [-0.39, 0.29) is 31.1 Å².